The fraction of sp³-hybridized carbons (Fsp3) is 0.556. The monoisotopic (exact) mass is 318 g/mol. The number of hydrogen-bond donors (Lipinski definition) is 3. The predicted octanol–water partition coefficient (Wildman–Crippen LogP) is 2.56. The van der Waals surface area contributed by atoms with Gasteiger partial charge in [-0.15, -0.1) is 0 Å². The zero-order valence-electron chi connectivity index (χ0n) is 14.1. The molecule has 1 atom stereocenters. The Morgan fingerprint density at radius 3 is 2.65 bits per heavy atom. The van der Waals surface area contributed by atoms with E-state index in [0.717, 1.165) is 12.8 Å². The van der Waals surface area contributed by atoms with Gasteiger partial charge in [0.2, 0.25) is 5.91 Å². The largest absolute Gasteiger partial charge is 0.393 e. The molecule has 1 aromatic carbocycles. The summed E-state index contributed by atoms with van der Waals surface area (Å²) in [5.74, 6) is -0.0134. The zero-order chi connectivity index (χ0) is 17.0. The van der Waals surface area contributed by atoms with Crippen LogP contribution in [-0.4, -0.2) is 29.6 Å². The highest BCUT2D eigenvalue weighted by atomic mass is 16.3. The molecule has 5 nitrogen and oxygen atoms in total. The second-order valence-corrected chi connectivity index (χ2v) is 7.24. The van der Waals surface area contributed by atoms with E-state index < -0.39 is 6.10 Å². The SMILES string of the molecule is CC(O)CC(C)(C)CNC(=O)c1cccc(NC(=O)C2CC2)c1. The van der Waals surface area contributed by atoms with E-state index in [4.69, 9.17) is 0 Å². The van der Waals surface area contributed by atoms with Crippen LogP contribution in [0, 0.1) is 11.3 Å². The summed E-state index contributed by atoms with van der Waals surface area (Å²) in [5.41, 5.74) is 0.992. The molecule has 0 radical (unpaired) electrons. The second kappa shape index (κ2) is 7.13. The summed E-state index contributed by atoms with van der Waals surface area (Å²) in [5, 5.41) is 15.2. The second-order valence-electron chi connectivity index (χ2n) is 7.24. The number of rotatable bonds is 7. The van der Waals surface area contributed by atoms with Gasteiger partial charge in [-0.1, -0.05) is 19.9 Å². The van der Waals surface area contributed by atoms with Crippen molar-refractivity contribution in [3.8, 4) is 0 Å². The van der Waals surface area contributed by atoms with Crippen LogP contribution >= 0.6 is 0 Å². The first-order chi connectivity index (χ1) is 10.8. The maximum Gasteiger partial charge on any atom is 0.251 e. The summed E-state index contributed by atoms with van der Waals surface area (Å²) >= 11 is 0. The van der Waals surface area contributed by atoms with Crippen molar-refractivity contribution < 1.29 is 14.7 Å². The van der Waals surface area contributed by atoms with E-state index in [-0.39, 0.29) is 23.1 Å². The Balaban J connectivity index is 1.92. The number of carbonyl (C=O) groups is 2. The molecule has 0 spiro atoms. The van der Waals surface area contributed by atoms with Gasteiger partial charge in [-0.3, -0.25) is 9.59 Å². The van der Waals surface area contributed by atoms with Crippen molar-refractivity contribution in [1.29, 1.82) is 0 Å². The minimum atomic E-state index is -0.400. The molecule has 1 aromatic rings. The normalized spacial score (nSPS) is 15.8. The molecule has 1 unspecified atom stereocenters. The van der Waals surface area contributed by atoms with Gasteiger partial charge < -0.3 is 15.7 Å². The highest BCUT2D eigenvalue weighted by Crippen LogP contribution is 2.30. The molecule has 2 rings (SSSR count). The number of amides is 2. The van der Waals surface area contributed by atoms with E-state index in [0.29, 0.717) is 24.2 Å². The standard InChI is InChI=1S/C18H26N2O3/c1-12(21)10-18(2,3)11-19-16(22)14-5-4-6-15(9-14)20-17(23)13-7-8-13/h4-6,9,12-13,21H,7-8,10-11H2,1-3H3,(H,19,22)(H,20,23). The average molecular weight is 318 g/mol. The third kappa shape index (κ3) is 5.67. The zero-order valence-corrected chi connectivity index (χ0v) is 14.1. The number of hydrogen-bond acceptors (Lipinski definition) is 3. The van der Waals surface area contributed by atoms with Crippen LogP contribution in [0.3, 0.4) is 0 Å². The fourth-order valence-electron chi connectivity index (χ4n) is 2.62. The minimum absolute atomic E-state index is 0.0284. The smallest absolute Gasteiger partial charge is 0.251 e. The van der Waals surface area contributed by atoms with E-state index in [9.17, 15) is 14.7 Å². The molecular weight excluding hydrogens is 292 g/mol. The lowest BCUT2D eigenvalue weighted by Gasteiger charge is -2.26. The van der Waals surface area contributed by atoms with Gasteiger partial charge in [0.25, 0.3) is 5.91 Å². The van der Waals surface area contributed by atoms with Crippen LogP contribution in [-0.2, 0) is 4.79 Å². The summed E-state index contributed by atoms with van der Waals surface area (Å²) in [4.78, 5) is 24.1. The maximum atomic E-state index is 12.3. The Hall–Kier alpha value is -1.88. The molecule has 126 valence electrons. The van der Waals surface area contributed by atoms with Crippen molar-refractivity contribution in [2.75, 3.05) is 11.9 Å². The summed E-state index contributed by atoms with van der Waals surface area (Å²) < 4.78 is 0. The lowest BCUT2D eigenvalue weighted by Crippen LogP contribution is -2.35. The van der Waals surface area contributed by atoms with Crippen LogP contribution in [0.25, 0.3) is 0 Å². The topological polar surface area (TPSA) is 78.4 Å². The van der Waals surface area contributed by atoms with Gasteiger partial charge in [-0.25, -0.2) is 0 Å². The van der Waals surface area contributed by atoms with Gasteiger partial charge in [-0.05, 0) is 49.8 Å². The van der Waals surface area contributed by atoms with Gasteiger partial charge >= 0.3 is 0 Å². The van der Waals surface area contributed by atoms with Gasteiger partial charge in [0, 0.05) is 23.7 Å². The third-order valence-electron chi connectivity index (χ3n) is 3.92. The quantitative estimate of drug-likeness (QED) is 0.723. The molecule has 0 saturated heterocycles. The van der Waals surface area contributed by atoms with Crippen LogP contribution in [0.4, 0.5) is 5.69 Å². The molecule has 3 N–H and O–H groups in total. The summed E-state index contributed by atoms with van der Waals surface area (Å²) in [6.45, 7) is 6.24. The van der Waals surface area contributed by atoms with Crippen molar-refractivity contribution in [3.05, 3.63) is 29.8 Å². The number of carbonyl (C=O) groups excluding carboxylic acids is 2. The van der Waals surface area contributed by atoms with Crippen molar-refractivity contribution in [1.82, 2.24) is 5.32 Å². The van der Waals surface area contributed by atoms with Gasteiger partial charge in [-0.2, -0.15) is 0 Å². The molecule has 0 aromatic heterocycles. The Kier molecular flexibility index (Phi) is 5.42. The van der Waals surface area contributed by atoms with Gasteiger partial charge in [0.1, 0.15) is 0 Å². The summed E-state index contributed by atoms with van der Waals surface area (Å²) in [7, 11) is 0. The highest BCUT2D eigenvalue weighted by molar-refractivity contribution is 5.98. The average Bonchev–Trinajstić information content (AvgIpc) is 3.28. The highest BCUT2D eigenvalue weighted by Gasteiger charge is 2.29. The molecule has 23 heavy (non-hydrogen) atoms. The van der Waals surface area contributed by atoms with Gasteiger partial charge in [0.15, 0.2) is 0 Å². The molecule has 2 amide bonds. The van der Waals surface area contributed by atoms with E-state index in [2.05, 4.69) is 10.6 Å². The predicted molar refractivity (Wildman–Crippen MR) is 90.2 cm³/mol. The van der Waals surface area contributed by atoms with Crippen molar-refractivity contribution in [3.63, 3.8) is 0 Å². The van der Waals surface area contributed by atoms with E-state index in [1.54, 1.807) is 31.2 Å². The Morgan fingerprint density at radius 2 is 2.04 bits per heavy atom. The fourth-order valence-corrected chi connectivity index (χ4v) is 2.62. The van der Waals surface area contributed by atoms with E-state index in [1.165, 1.54) is 0 Å². The minimum Gasteiger partial charge on any atom is -0.393 e. The molecule has 0 aliphatic heterocycles. The number of nitrogens with one attached hydrogen (secondary N) is 2. The summed E-state index contributed by atoms with van der Waals surface area (Å²) in [6, 6.07) is 6.97. The van der Waals surface area contributed by atoms with Crippen LogP contribution < -0.4 is 10.6 Å². The molecule has 1 fully saturated rings. The molecule has 1 aliphatic rings. The molecule has 1 aliphatic carbocycles. The lowest BCUT2D eigenvalue weighted by molar-refractivity contribution is -0.117. The Bertz CT molecular complexity index is 577. The van der Waals surface area contributed by atoms with Gasteiger partial charge in [0.05, 0.1) is 6.10 Å². The van der Waals surface area contributed by atoms with E-state index in [1.807, 2.05) is 13.8 Å². The van der Waals surface area contributed by atoms with Crippen LogP contribution in [0.15, 0.2) is 24.3 Å². The van der Waals surface area contributed by atoms with Crippen molar-refractivity contribution in [2.24, 2.45) is 11.3 Å². The Labute approximate surface area is 137 Å². The first-order valence-electron chi connectivity index (χ1n) is 8.14. The summed E-state index contributed by atoms with van der Waals surface area (Å²) in [6.07, 6.45) is 2.11. The van der Waals surface area contributed by atoms with Crippen LogP contribution in [0.5, 0.6) is 0 Å². The number of anilines is 1. The van der Waals surface area contributed by atoms with Crippen LogP contribution in [0.2, 0.25) is 0 Å². The molecule has 0 bridgehead atoms. The number of aliphatic hydroxyl groups is 1. The first-order valence-corrected chi connectivity index (χ1v) is 8.14. The third-order valence-corrected chi connectivity index (χ3v) is 3.92. The lowest BCUT2D eigenvalue weighted by atomic mass is 9.87. The maximum absolute atomic E-state index is 12.3. The van der Waals surface area contributed by atoms with E-state index >= 15 is 0 Å². The van der Waals surface area contributed by atoms with Crippen LogP contribution in [0.1, 0.15) is 50.4 Å². The number of aliphatic hydroxyl groups excluding tert-OH is 1. The molecule has 0 heterocycles. The molecular formula is C18H26N2O3. The Morgan fingerprint density at radius 1 is 1.35 bits per heavy atom. The van der Waals surface area contributed by atoms with Crippen molar-refractivity contribution >= 4 is 17.5 Å². The van der Waals surface area contributed by atoms with Crippen molar-refractivity contribution in [2.45, 2.75) is 46.1 Å². The first kappa shape index (κ1) is 17.5. The number of benzene rings is 1. The molecule has 5 heteroatoms. The molecule has 1 saturated carbocycles.